The molecule has 0 bridgehead atoms. The number of aliphatic imine (C=N–C) groups is 1. The van der Waals surface area contributed by atoms with Crippen LogP contribution in [0.15, 0.2) is 4.99 Å². The van der Waals surface area contributed by atoms with Crippen LogP contribution in [-0.4, -0.2) is 63.3 Å². The monoisotopic (exact) mass is 494 g/mol. The lowest BCUT2D eigenvalue weighted by Gasteiger charge is -2.33. The van der Waals surface area contributed by atoms with Crippen LogP contribution >= 0.6 is 24.0 Å². The fourth-order valence-corrected chi connectivity index (χ4v) is 4.63. The highest BCUT2D eigenvalue weighted by Gasteiger charge is 2.33. The largest absolute Gasteiger partial charge is 0.382 e. The van der Waals surface area contributed by atoms with E-state index in [0.717, 1.165) is 38.7 Å². The Labute approximate surface area is 184 Å². The Morgan fingerprint density at radius 1 is 1.11 bits per heavy atom. The molecule has 1 atom stereocenters. The number of rotatable bonds is 10. The SMILES string of the molecule is CCOCCC1(CNC(=NC)NCC(C(C)C)N2CCCC2)CCCC1.I. The normalized spacial score (nSPS) is 21.3. The Balaban J connectivity index is 0.00000364. The minimum absolute atomic E-state index is 0. The van der Waals surface area contributed by atoms with Crippen molar-refractivity contribution in [2.24, 2.45) is 16.3 Å². The highest BCUT2D eigenvalue weighted by Crippen LogP contribution is 2.40. The smallest absolute Gasteiger partial charge is 0.191 e. The van der Waals surface area contributed by atoms with Gasteiger partial charge in [0.1, 0.15) is 0 Å². The second-order valence-electron chi connectivity index (χ2n) is 8.52. The summed E-state index contributed by atoms with van der Waals surface area (Å²) in [5, 5.41) is 7.23. The molecule has 1 saturated heterocycles. The van der Waals surface area contributed by atoms with Crippen LogP contribution in [0.1, 0.15) is 65.7 Å². The first-order valence-corrected chi connectivity index (χ1v) is 10.9. The Morgan fingerprint density at radius 2 is 1.78 bits per heavy atom. The van der Waals surface area contributed by atoms with Crippen molar-refractivity contribution in [2.75, 3.05) is 46.4 Å². The molecule has 160 valence electrons. The first-order valence-electron chi connectivity index (χ1n) is 10.9. The fourth-order valence-electron chi connectivity index (χ4n) is 4.63. The summed E-state index contributed by atoms with van der Waals surface area (Å²) in [7, 11) is 1.89. The van der Waals surface area contributed by atoms with Crippen LogP contribution in [0.2, 0.25) is 0 Å². The quantitative estimate of drug-likeness (QED) is 0.210. The molecule has 0 amide bonds. The first-order chi connectivity index (χ1) is 12.6. The maximum absolute atomic E-state index is 5.64. The average molecular weight is 495 g/mol. The fraction of sp³-hybridized carbons (Fsp3) is 0.952. The molecule has 2 fully saturated rings. The van der Waals surface area contributed by atoms with Crippen LogP contribution in [0, 0.1) is 11.3 Å². The van der Waals surface area contributed by atoms with Gasteiger partial charge in [-0.2, -0.15) is 0 Å². The van der Waals surface area contributed by atoms with Crippen molar-refractivity contribution in [3.63, 3.8) is 0 Å². The van der Waals surface area contributed by atoms with E-state index in [1.807, 2.05) is 7.05 Å². The predicted molar refractivity (Wildman–Crippen MR) is 126 cm³/mol. The van der Waals surface area contributed by atoms with Crippen LogP contribution in [0.3, 0.4) is 0 Å². The number of nitrogens with one attached hydrogen (secondary N) is 2. The molecule has 0 radical (unpaired) electrons. The van der Waals surface area contributed by atoms with Crippen LogP contribution in [0.25, 0.3) is 0 Å². The predicted octanol–water partition coefficient (Wildman–Crippen LogP) is 3.88. The second kappa shape index (κ2) is 13.2. The maximum atomic E-state index is 5.64. The Bertz CT molecular complexity index is 418. The van der Waals surface area contributed by atoms with Gasteiger partial charge in [0.25, 0.3) is 0 Å². The van der Waals surface area contributed by atoms with Gasteiger partial charge in [0, 0.05) is 39.4 Å². The molecular weight excluding hydrogens is 451 g/mol. The molecule has 1 aliphatic heterocycles. The summed E-state index contributed by atoms with van der Waals surface area (Å²) >= 11 is 0. The van der Waals surface area contributed by atoms with Gasteiger partial charge < -0.3 is 15.4 Å². The molecule has 2 N–H and O–H groups in total. The number of likely N-dealkylation sites (tertiary alicyclic amines) is 1. The summed E-state index contributed by atoms with van der Waals surface area (Å²) < 4.78 is 5.64. The molecular formula is C21H43IN4O. The Morgan fingerprint density at radius 3 is 2.33 bits per heavy atom. The van der Waals surface area contributed by atoms with Gasteiger partial charge in [-0.15, -0.1) is 24.0 Å². The molecule has 1 unspecified atom stereocenters. The highest BCUT2D eigenvalue weighted by atomic mass is 127. The zero-order valence-electron chi connectivity index (χ0n) is 18.1. The van der Waals surface area contributed by atoms with Gasteiger partial charge in [0.2, 0.25) is 0 Å². The summed E-state index contributed by atoms with van der Waals surface area (Å²) in [6, 6.07) is 0.592. The van der Waals surface area contributed by atoms with Crippen LogP contribution in [0.5, 0.6) is 0 Å². The molecule has 0 aromatic rings. The molecule has 5 nitrogen and oxygen atoms in total. The van der Waals surface area contributed by atoms with Crippen molar-refractivity contribution < 1.29 is 4.74 Å². The van der Waals surface area contributed by atoms with E-state index in [9.17, 15) is 0 Å². The summed E-state index contributed by atoms with van der Waals surface area (Å²) in [5.41, 5.74) is 0.388. The number of guanidine groups is 1. The van der Waals surface area contributed by atoms with Gasteiger partial charge >= 0.3 is 0 Å². The third-order valence-electron chi connectivity index (χ3n) is 6.36. The highest BCUT2D eigenvalue weighted by molar-refractivity contribution is 14.0. The topological polar surface area (TPSA) is 48.9 Å². The van der Waals surface area contributed by atoms with E-state index in [1.54, 1.807) is 0 Å². The number of hydrogen-bond acceptors (Lipinski definition) is 3. The van der Waals surface area contributed by atoms with Gasteiger partial charge in [-0.1, -0.05) is 26.7 Å². The molecule has 1 aliphatic carbocycles. The Kier molecular flexibility index (Phi) is 12.2. The van der Waals surface area contributed by atoms with Crippen LogP contribution in [0.4, 0.5) is 0 Å². The number of hydrogen-bond donors (Lipinski definition) is 2. The number of halogens is 1. The van der Waals surface area contributed by atoms with E-state index < -0.39 is 0 Å². The third kappa shape index (κ3) is 8.05. The zero-order valence-corrected chi connectivity index (χ0v) is 20.4. The summed E-state index contributed by atoms with van der Waals surface area (Å²) in [6.45, 7) is 12.9. The van der Waals surface area contributed by atoms with Crippen molar-refractivity contribution in [3.05, 3.63) is 0 Å². The molecule has 2 rings (SSSR count). The minimum Gasteiger partial charge on any atom is -0.382 e. The van der Waals surface area contributed by atoms with Crippen molar-refractivity contribution in [3.8, 4) is 0 Å². The molecule has 1 heterocycles. The van der Waals surface area contributed by atoms with E-state index in [2.05, 4.69) is 41.3 Å². The molecule has 0 spiro atoms. The minimum atomic E-state index is 0. The second-order valence-corrected chi connectivity index (χ2v) is 8.52. The standard InChI is InChI=1S/C21H42N4O.HI/c1-5-26-15-12-21(10-6-7-11-21)17-24-20(22-4)23-16-19(18(2)3)25-13-8-9-14-25;/h18-19H,5-17H2,1-4H3,(H2,22,23,24);1H. The summed E-state index contributed by atoms with van der Waals surface area (Å²) in [4.78, 5) is 7.12. The lowest BCUT2D eigenvalue weighted by Crippen LogP contribution is -2.50. The van der Waals surface area contributed by atoms with E-state index in [-0.39, 0.29) is 24.0 Å². The summed E-state index contributed by atoms with van der Waals surface area (Å²) in [6.07, 6.45) is 9.18. The van der Waals surface area contributed by atoms with Gasteiger partial charge in [-0.25, -0.2) is 0 Å². The maximum Gasteiger partial charge on any atom is 0.191 e. The third-order valence-corrected chi connectivity index (χ3v) is 6.36. The van der Waals surface area contributed by atoms with E-state index in [1.165, 1.54) is 51.6 Å². The van der Waals surface area contributed by atoms with Crippen molar-refractivity contribution >= 4 is 29.9 Å². The lowest BCUT2D eigenvalue weighted by molar-refractivity contribution is 0.105. The van der Waals surface area contributed by atoms with Crippen molar-refractivity contribution in [1.29, 1.82) is 0 Å². The van der Waals surface area contributed by atoms with E-state index in [4.69, 9.17) is 4.74 Å². The van der Waals surface area contributed by atoms with Crippen LogP contribution in [-0.2, 0) is 4.74 Å². The lowest BCUT2D eigenvalue weighted by atomic mass is 9.83. The van der Waals surface area contributed by atoms with Gasteiger partial charge in [-0.05, 0) is 63.5 Å². The molecule has 6 heteroatoms. The summed E-state index contributed by atoms with van der Waals surface area (Å²) in [5.74, 6) is 1.61. The zero-order chi connectivity index (χ0) is 18.8. The average Bonchev–Trinajstić information content (AvgIpc) is 3.30. The first kappa shape index (κ1) is 25.0. The van der Waals surface area contributed by atoms with Gasteiger partial charge in [0.05, 0.1) is 0 Å². The Hall–Kier alpha value is -0.0800. The molecule has 0 aromatic heterocycles. The molecule has 0 aromatic carbocycles. The van der Waals surface area contributed by atoms with Crippen molar-refractivity contribution in [2.45, 2.75) is 71.8 Å². The molecule has 1 saturated carbocycles. The number of nitrogens with zero attached hydrogens (tertiary/aromatic N) is 2. The van der Waals surface area contributed by atoms with E-state index in [0.29, 0.717) is 17.4 Å². The van der Waals surface area contributed by atoms with Crippen molar-refractivity contribution in [1.82, 2.24) is 15.5 Å². The van der Waals surface area contributed by atoms with E-state index >= 15 is 0 Å². The van der Waals surface area contributed by atoms with Gasteiger partial charge in [-0.3, -0.25) is 9.89 Å². The molecule has 2 aliphatic rings. The molecule has 27 heavy (non-hydrogen) atoms. The van der Waals surface area contributed by atoms with Crippen LogP contribution < -0.4 is 10.6 Å². The number of ether oxygens (including phenoxy) is 1. The van der Waals surface area contributed by atoms with Gasteiger partial charge in [0.15, 0.2) is 5.96 Å².